The molecule has 0 rings (SSSR count). The quantitative estimate of drug-likeness (QED) is 0.0272. The fourth-order valence-corrected chi connectivity index (χ4v) is 9.35. The highest BCUT2D eigenvalue weighted by Crippen LogP contribution is 2.38. The van der Waals surface area contributed by atoms with Crippen LogP contribution in [0.25, 0.3) is 0 Å². The summed E-state index contributed by atoms with van der Waals surface area (Å²) in [7, 11) is 1.22. The normalized spacial score (nSPS) is 14.5. The van der Waals surface area contributed by atoms with Gasteiger partial charge in [0.25, 0.3) is 7.82 Å². The van der Waals surface area contributed by atoms with E-state index < -0.39 is 26.6 Å². The Labute approximate surface area is 452 Å². The maximum atomic E-state index is 13.0. The molecule has 0 aromatic rings. The van der Waals surface area contributed by atoms with Crippen molar-refractivity contribution < 1.29 is 32.9 Å². The number of unbranched alkanes of at least 4 members (excludes halogenated alkanes) is 30. The lowest BCUT2D eigenvalue weighted by molar-refractivity contribution is -0.870. The molecule has 0 saturated heterocycles. The van der Waals surface area contributed by atoms with Gasteiger partial charge in [-0.15, -0.1) is 0 Å². The number of hydrogen-bond acceptors (Lipinski definition) is 6. The molecule has 0 saturated carbocycles. The van der Waals surface area contributed by atoms with Crippen molar-refractivity contribution in [1.29, 1.82) is 0 Å². The van der Waals surface area contributed by atoms with Crippen LogP contribution >= 0.6 is 7.82 Å². The van der Waals surface area contributed by atoms with E-state index >= 15 is 0 Å². The van der Waals surface area contributed by atoms with Gasteiger partial charge in [-0.05, 0) is 70.6 Å². The molecule has 9 heteroatoms. The highest BCUT2D eigenvalue weighted by Gasteiger charge is 2.23. The number of aliphatic hydroxyl groups is 1. The number of aliphatic hydroxyl groups excluding tert-OH is 1. The van der Waals surface area contributed by atoms with Crippen LogP contribution in [-0.4, -0.2) is 68.5 Å². The van der Waals surface area contributed by atoms with E-state index in [4.69, 9.17) is 9.05 Å². The maximum Gasteiger partial charge on any atom is 0.268 e. The first-order chi connectivity index (χ1) is 35.5. The van der Waals surface area contributed by atoms with Crippen molar-refractivity contribution in [3.05, 3.63) is 85.1 Å². The molecule has 73 heavy (non-hydrogen) atoms. The number of nitrogens with one attached hydrogen (secondary N) is 1. The van der Waals surface area contributed by atoms with Gasteiger partial charge < -0.3 is 28.8 Å². The minimum absolute atomic E-state index is 0.0137. The number of carbonyl (C=O) groups is 1. The van der Waals surface area contributed by atoms with E-state index in [2.05, 4.69) is 92.1 Å². The molecule has 0 aliphatic rings. The Balaban J connectivity index is 4.22. The van der Waals surface area contributed by atoms with E-state index in [1.165, 1.54) is 167 Å². The average molecular weight is 1040 g/mol. The Morgan fingerprint density at radius 2 is 0.836 bits per heavy atom. The van der Waals surface area contributed by atoms with Crippen LogP contribution in [0.3, 0.4) is 0 Å². The molecular formula is C64H117N2O6P. The lowest BCUT2D eigenvalue weighted by Crippen LogP contribution is -2.45. The van der Waals surface area contributed by atoms with Crippen LogP contribution in [0.5, 0.6) is 0 Å². The largest absolute Gasteiger partial charge is 0.756 e. The van der Waals surface area contributed by atoms with Crippen LogP contribution in [-0.2, 0) is 18.4 Å². The van der Waals surface area contributed by atoms with Crippen molar-refractivity contribution in [3.63, 3.8) is 0 Å². The number of quaternary nitrogens is 1. The first-order valence-electron chi connectivity index (χ1n) is 30.4. The van der Waals surface area contributed by atoms with Crippen LogP contribution < -0.4 is 10.2 Å². The molecule has 0 heterocycles. The summed E-state index contributed by atoms with van der Waals surface area (Å²) in [6.45, 7) is 4.52. The summed E-state index contributed by atoms with van der Waals surface area (Å²) in [5, 5.41) is 13.9. The minimum Gasteiger partial charge on any atom is -0.756 e. The minimum atomic E-state index is -4.62. The zero-order valence-electron chi connectivity index (χ0n) is 48.3. The number of rotatable bonds is 55. The molecule has 0 fully saturated rings. The Kier molecular flexibility index (Phi) is 52.7. The second kappa shape index (κ2) is 54.5. The van der Waals surface area contributed by atoms with Gasteiger partial charge >= 0.3 is 0 Å². The van der Waals surface area contributed by atoms with Crippen molar-refractivity contribution in [1.82, 2.24) is 5.32 Å². The highest BCUT2D eigenvalue weighted by molar-refractivity contribution is 7.45. The average Bonchev–Trinajstić information content (AvgIpc) is 3.35. The molecule has 0 bridgehead atoms. The monoisotopic (exact) mass is 1040 g/mol. The maximum absolute atomic E-state index is 13.0. The van der Waals surface area contributed by atoms with Crippen LogP contribution in [0.15, 0.2) is 85.1 Å². The number of allylic oxidation sites excluding steroid dienone is 13. The molecule has 3 unspecified atom stereocenters. The summed E-state index contributed by atoms with van der Waals surface area (Å²) < 4.78 is 23.3. The molecule has 0 aliphatic carbocycles. The fourth-order valence-electron chi connectivity index (χ4n) is 8.63. The first kappa shape index (κ1) is 70.7. The fraction of sp³-hybridized carbons (Fsp3) is 0.766. The number of carbonyl (C=O) groups excluding carboxylic acids is 1. The number of amides is 1. The van der Waals surface area contributed by atoms with Crippen LogP contribution in [0.4, 0.5) is 0 Å². The van der Waals surface area contributed by atoms with Gasteiger partial charge in [0.2, 0.25) is 5.91 Å². The van der Waals surface area contributed by atoms with Gasteiger partial charge in [-0.25, -0.2) is 0 Å². The summed E-state index contributed by atoms with van der Waals surface area (Å²) in [6.07, 6.45) is 76.8. The van der Waals surface area contributed by atoms with Crippen molar-refractivity contribution in [2.24, 2.45) is 0 Å². The van der Waals surface area contributed by atoms with Crippen molar-refractivity contribution in [2.45, 2.75) is 276 Å². The molecular weight excluding hydrogens is 924 g/mol. The molecule has 1 amide bonds. The summed E-state index contributed by atoms with van der Waals surface area (Å²) in [6, 6.07) is -0.917. The van der Waals surface area contributed by atoms with Crippen molar-refractivity contribution >= 4 is 13.7 Å². The van der Waals surface area contributed by atoms with E-state index in [1.807, 2.05) is 27.2 Å². The molecule has 2 N–H and O–H groups in total. The number of phosphoric ester groups is 1. The molecule has 0 radical (unpaired) electrons. The zero-order chi connectivity index (χ0) is 53.5. The van der Waals surface area contributed by atoms with Gasteiger partial charge in [-0.1, -0.05) is 272 Å². The van der Waals surface area contributed by atoms with Gasteiger partial charge in [0.15, 0.2) is 0 Å². The van der Waals surface area contributed by atoms with Crippen molar-refractivity contribution in [3.8, 4) is 0 Å². The van der Waals surface area contributed by atoms with Gasteiger partial charge in [-0.3, -0.25) is 9.36 Å². The molecule has 0 spiro atoms. The van der Waals surface area contributed by atoms with Gasteiger partial charge in [0.1, 0.15) is 13.2 Å². The SMILES string of the molecule is CC/C=C\C/C=C\C/C=C\C/C=C\C/C=C\C/C=C\CCCCC(=O)NC(COP(=O)([O-])OCC[N+](C)(C)C)C(O)/C=C/CCCCCCCCCCCCCCCCCCCCCCCCCCCCCC. The third-order valence-electron chi connectivity index (χ3n) is 13.4. The van der Waals surface area contributed by atoms with Gasteiger partial charge in [-0.2, -0.15) is 0 Å². The van der Waals surface area contributed by atoms with Crippen LogP contribution in [0.2, 0.25) is 0 Å². The molecule has 0 aliphatic heterocycles. The molecule has 3 atom stereocenters. The van der Waals surface area contributed by atoms with E-state index in [1.54, 1.807) is 6.08 Å². The van der Waals surface area contributed by atoms with E-state index in [0.29, 0.717) is 17.4 Å². The highest BCUT2D eigenvalue weighted by atomic mass is 31.2. The standard InChI is InChI=1S/C64H117N2O6P/c1-6-8-10-12-14-16-18-20-22-24-26-28-29-30-31-32-33-34-35-36-38-39-41-43-45-47-49-51-53-55-57-63(67)62(61-72-73(69,70)71-60-59-66(3,4)5)65-64(68)58-56-54-52-50-48-46-44-42-40-37-27-25-23-21-19-17-15-13-11-9-7-2/h9,11,15,17,21,23,27,37,42,44,48,50,55,57,62-63,67H,6-8,10,12-14,16,18-20,22,24-26,28-36,38-41,43,45-47,49,51-54,56,58-61H2,1-5H3,(H-,65,68,69,70)/b11-9-,17-15-,23-21-,37-27-,44-42-,50-48-,57-55+. The number of nitrogens with zero attached hydrogens (tertiary/aromatic N) is 1. The number of hydrogen-bond donors (Lipinski definition) is 2. The Hall–Kier alpha value is -2.32. The Morgan fingerprint density at radius 1 is 0.493 bits per heavy atom. The third-order valence-corrected chi connectivity index (χ3v) is 14.3. The van der Waals surface area contributed by atoms with Gasteiger partial charge in [0, 0.05) is 6.42 Å². The summed E-state index contributed by atoms with van der Waals surface area (Å²) in [5.74, 6) is -0.240. The molecule has 8 nitrogen and oxygen atoms in total. The third kappa shape index (κ3) is 57.2. The Morgan fingerprint density at radius 3 is 1.22 bits per heavy atom. The summed E-state index contributed by atoms with van der Waals surface area (Å²) in [5.41, 5.74) is 0. The van der Waals surface area contributed by atoms with Gasteiger partial charge in [0.05, 0.1) is 39.9 Å². The predicted octanol–water partition coefficient (Wildman–Crippen LogP) is 18.2. The zero-order valence-corrected chi connectivity index (χ0v) is 49.2. The summed E-state index contributed by atoms with van der Waals surface area (Å²) >= 11 is 0. The van der Waals surface area contributed by atoms with Crippen LogP contribution in [0.1, 0.15) is 264 Å². The van der Waals surface area contributed by atoms with Crippen molar-refractivity contribution in [2.75, 3.05) is 40.9 Å². The second-order valence-corrected chi connectivity index (χ2v) is 23.1. The number of likely N-dealkylation sites (N-methyl/N-ethyl adjacent to an activating group) is 1. The van der Waals surface area contributed by atoms with E-state index in [9.17, 15) is 19.4 Å². The molecule has 0 aromatic carbocycles. The van der Waals surface area contributed by atoms with Crippen LogP contribution in [0, 0.1) is 0 Å². The second-order valence-electron chi connectivity index (χ2n) is 21.7. The smallest absolute Gasteiger partial charge is 0.268 e. The topological polar surface area (TPSA) is 108 Å². The molecule has 424 valence electrons. The van der Waals surface area contributed by atoms with E-state index in [0.717, 1.165) is 70.6 Å². The van der Waals surface area contributed by atoms with E-state index in [-0.39, 0.29) is 18.9 Å². The number of phosphoric acid groups is 1. The lowest BCUT2D eigenvalue weighted by Gasteiger charge is -2.29. The Bertz CT molecular complexity index is 1460. The first-order valence-corrected chi connectivity index (χ1v) is 31.9. The predicted molar refractivity (Wildman–Crippen MR) is 316 cm³/mol. The molecule has 0 aromatic heterocycles. The lowest BCUT2D eigenvalue weighted by atomic mass is 10.0. The summed E-state index contributed by atoms with van der Waals surface area (Å²) in [4.78, 5) is 25.5.